The van der Waals surface area contributed by atoms with Crippen LogP contribution in [0.3, 0.4) is 0 Å². The zero-order valence-electron chi connectivity index (χ0n) is 11.7. The molecule has 0 heteroatoms. The molecule has 96 valence electrons. The van der Waals surface area contributed by atoms with Crippen molar-refractivity contribution >= 4 is 0 Å². The van der Waals surface area contributed by atoms with E-state index in [0.29, 0.717) is 0 Å². The maximum absolute atomic E-state index is 4.14. The molecule has 3 rings (SSSR count). The van der Waals surface area contributed by atoms with Gasteiger partial charge in [0.2, 0.25) is 0 Å². The summed E-state index contributed by atoms with van der Waals surface area (Å²) < 4.78 is 0. The van der Waals surface area contributed by atoms with Crippen molar-refractivity contribution in [1.82, 2.24) is 0 Å². The SMILES string of the molecule is C=C1CC(c2ccc(C)cc2)(c2ccc(C)cc2)C1. The van der Waals surface area contributed by atoms with Crippen molar-refractivity contribution in [3.8, 4) is 0 Å². The van der Waals surface area contributed by atoms with Crippen LogP contribution in [0.25, 0.3) is 0 Å². The Hall–Kier alpha value is -1.82. The van der Waals surface area contributed by atoms with Crippen molar-refractivity contribution in [2.24, 2.45) is 0 Å². The molecule has 19 heavy (non-hydrogen) atoms. The van der Waals surface area contributed by atoms with Crippen LogP contribution in [0.1, 0.15) is 35.1 Å². The number of hydrogen-bond donors (Lipinski definition) is 0. The van der Waals surface area contributed by atoms with Crippen LogP contribution in [0.2, 0.25) is 0 Å². The summed E-state index contributed by atoms with van der Waals surface area (Å²) in [6.45, 7) is 8.42. The Balaban J connectivity index is 2.07. The average Bonchev–Trinajstić information content (AvgIpc) is 2.37. The third-order valence-electron chi connectivity index (χ3n) is 4.31. The second-order valence-electron chi connectivity index (χ2n) is 5.92. The minimum Gasteiger partial charge on any atom is -0.0998 e. The maximum Gasteiger partial charge on any atom is 0.0276 e. The first-order valence-electron chi connectivity index (χ1n) is 6.91. The standard InChI is InChI=1S/C19H20/c1-14-4-8-17(9-5-14)19(12-16(3)13-19)18-10-6-15(2)7-11-18/h4-11H,3,12-13H2,1-2H3. The highest BCUT2D eigenvalue weighted by Crippen LogP contribution is 2.51. The van der Waals surface area contributed by atoms with Gasteiger partial charge in [-0.25, -0.2) is 0 Å². The first kappa shape index (κ1) is 12.2. The Bertz CT molecular complexity index is 544. The first-order chi connectivity index (χ1) is 9.10. The quantitative estimate of drug-likeness (QED) is 0.660. The molecule has 0 spiro atoms. The van der Waals surface area contributed by atoms with Crippen LogP contribution < -0.4 is 0 Å². The topological polar surface area (TPSA) is 0 Å². The van der Waals surface area contributed by atoms with Crippen LogP contribution in [0.15, 0.2) is 60.7 Å². The van der Waals surface area contributed by atoms with Crippen LogP contribution in [0.5, 0.6) is 0 Å². The lowest BCUT2D eigenvalue weighted by atomic mass is 9.58. The average molecular weight is 248 g/mol. The summed E-state index contributed by atoms with van der Waals surface area (Å²) in [6, 6.07) is 18.0. The van der Waals surface area contributed by atoms with E-state index in [1.165, 1.54) is 27.8 Å². The predicted molar refractivity (Wildman–Crippen MR) is 81.5 cm³/mol. The van der Waals surface area contributed by atoms with Gasteiger partial charge in [0.05, 0.1) is 0 Å². The van der Waals surface area contributed by atoms with E-state index in [1.807, 2.05) is 0 Å². The summed E-state index contributed by atoms with van der Waals surface area (Å²) in [4.78, 5) is 0. The van der Waals surface area contributed by atoms with E-state index in [-0.39, 0.29) is 5.41 Å². The lowest BCUT2D eigenvalue weighted by molar-refractivity contribution is 0.404. The Kier molecular flexibility index (Phi) is 2.82. The molecule has 0 saturated heterocycles. The molecule has 0 amide bonds. The van der Waals surface area contributed by atoms with Gasteiger partial charge in [-0.3, -0.25) is 0 Å². The van der Waals surface area contributed by atoms with Gasteiger partial charge in [-0.15, -0.1) is 0 Å². The van der Waals surface area contributed by atoms with Crippen molar-refractivity contribution in [3.63, 3.8) is 0 Å². The number of aryl methyl sites for hydroxylation is 2. The van der Waals surface area contributed by atoms with Gasteiger partial charge in [0.25, 0.3) is 0 Å². The van der Waals surface area contributed by atoms with Crippen molar-refractivity contribution in [2.45, 2.75) is 32.1 Å². The van der Waals surface area contributed by atoms with E-state index in [0.717, 1.165) is 12.8 Å². The Morgan fingerprint density at radius 2 is 1.11 bits per heavy atom. The molecular formula is C19H20. The number of rotatable bonds is 2. The van der Waals surface area contributed by atoms with Gasteiger partial charge >= 0.3 is 0 Å². The minimum atomic E-state index is 0.165. The van der Waals surface area contributed by atoms with Crippen molar-refractivity contribution in [3.05, 3.63) is 82.9 Å². The third kappa shape index (κ3) is 2.02. The second-order valence-corrected chi connectivity index (χ2v) is 5.92. The van der Waals surface area contributed by atoms with Crippen molar-refractivity contribution in [2.75, 3.05) is 0 Å². The normalized spacial score (nSPS) is 17.1. The van der Waals surface area contributed by atoms with E-state index in [4.69, 9.17) is 0 Å². The summed E-state index contributed by atoms with van der Waals surface area (Å²) in [5.41, 5.74) is 7.02. The highest BCUT2D eigenvalue weighted by molar-refractivity contribution is 5.48. The molecular weight excluding hydrogens is 228 g/mol. The van der Waals surface area contributed by atoms with Gasteiger partial charge in [-0.2, -0.15) is 0 Å². The van der Waals surface area contributed by atoms with Crippen molar-refractivity contribution in [1.29, 1.82) is 0 Å². The Morgan fingerprint density at radius 3 is 1.42 bits per heavy atom. The molecule has 0 N–H and O–H groups in total. The molecule has 0 heterocycles. The van der Waals surface area contributed by atoms with Crippen LogP contribution >= 0.6 is 0 Å². The summed E-state index contributed by atoms with van der Waals surface area (Å²) in [5, 5.41) is 0. The van der Waals surface area contributed by atoms with E-state index in [2.05, 4.69) is 69.0 Å². The molecule has 0 aliphatic heterocycles. The zero-order chi connectivity index (χ0) is 13.5. The lowest BCUT2D eigenvalue weighted by Gasteiger charge is -2.45. The highest BCUT2D eigenvalue weighted by atomic mass is 14.4. The van der Waals surface area contributed by atoms with Crippen LogP contribution in [-0.4, -0.2) is 0 Å². The largest absolute Gasteiger partial charge is 0.0998 e. The number of hydrogen-bond acceptors (Lipinski definition) is 0. The Morgan fingerprint density at radius 1 is 0.737 bits per heavy atom. The van der Waals surface area contributed by atoms with E-state index in [9.17, 15) is 0 Å². The molecule has 1 saturated carbocycles. The molecule has 2 aromatic carbocycles. The molecule has 1 aliphatic carbocycles. The highest BCUT2D eigenvalue weighted by Gasteiger charge is 2.42. The maximum atomic E-state index is 4.14. The molecule has 0 radical (unpaired) electrons. The van der Waals surface area contributed by atoms with Gasteiger partial charge in [0.1, 0.15) is 0 Å². The van der Waals surface area contributed by atoms with E-state index in [1.54, 1.807) is 0 Å². The monoisotopic (exact) mass is 248 g/mol. The van der Waals surface area contributed by atoms with Crippen LogP contribution in [0.4, 0.5) is 0 Å². The molecule has 0 aromatic heterocycles. The van der Waals surface area contributed by atoms with Gasteiger partial charge < -0.3 is 0 Å². The van der Waals surface area contributed by atoms with E-state index >= 15 is 0 Å². The van der Waals surface area contributed by atoms with E-state index < -0.39 is 0 Å². The molecule has 0 bridgehead atoms. The predicted octanol–water partition coefficient (Wildman–Crippen LogP) is 4.94. The van der Waals surface area contributed by atoms with Gasteiger partial charge in [-0.1, -0.05) is 71.8 Å². The smallest absolute Gasteiger partial charge is 0.0276 e. The van der Waals surface area contributed by atoms with Crippen molar-refractivity contribution < 1.29 is 0 Å². The molecule has 1 fully saturated rings. The minimum absolute atomic E-state index is 0.165. The van der Waals surface area contributed by atoms with Gasteiger partial charge in [0, 0.05) is 5.41 Å². The lowest BCUT2D eigenvalue weighted by Crippen LogP contribution is -2.37. The number of allylic oxidation sites excluding steroid dienone is 1. The fraction of sp³-hybridized carbons (Fsp3) is 0.263. The fourth-order valence-electron chi connectivity index (χ4n) is 3.12. The molecule has 1 aliphatic rings. The number of benzene rings is 2. The van der Waals surface area contributed by atoms with Gasteiger partial charge in [0.15, 0.2) is 0 Å². The summed E-state index contributed by atoms with van der Waals surface area (Å²) >= 11 is 0. The third-order valence-corrected chi connectivity index (χ3v) is 4.31. The Labute approximate surface area is 115 Å². The molecule has 0 atom stereocenters. The zero-order valence-corrected chi connectivity index (χ0v) is 11.7. The molecule has 2 aromatic rings. The first-order valence-corrected chi connectivity index (χ1v) is 6.91. The summed E-state index contributed by atoms with van der Waals surface area (Å²) in [5.74, 6) is 0. The van der Waals surface area contributed by atoms with Crippen LogP contribution in [-0.2, 0) is 5.41 Å². The second kappa shape index (κ2) is 4.38. The summed E-state index contributed by atoms with van der Waals surface area (Å²) in [7, 11) is 0. The summed E-state index contributed by atoms with van der Waals surface area (Å²) in [6.07, 6.45) is 2.16. The van der Waals surface area contributed by atoms with Gasteiger partial charge in [-0.05, 0) is 37.8 Å². The molecule has 0 nitrogen and oxygen atoms in total. The fourth-order valence-corrected chi connectivity index (χ4v) is 3.12. The van der Waals surface area contributed by atoms with Crippen LogP contribution in [0, 0.1) is 13.8 Å². The molecule has 0 unspecified atom stereocenters.